The van der Waals surface area contributed by atoms with Crippen LogP contribution in [0.25, 0.3) is 0 Å². The molecule has 1 heterocycles. The Balaban J connectivity index is 1.96. The lowest BCUT2D eigenvalue weighted by Gasteiger charge is -2.36. The largest absolute Gasteiger partial charge is 0.371 e. The molecule has 0 radical (unpaired) electrons. The molecule has 1 aliphatic heterocycles. The Labute approximate surface area is 90.5 Å². The molecule has 0 unspecified atom stereocenters. The standard InChI is InChI=1S/C13H17NO/c15-13(8-3-4-9-13)14-10-7-11-5-1-2-6-12(11)14/h1-2,5-6,15H,3-4,7-10H2. The average molecular weight is 203 g/mol. The third kappa shape index (κ3) is 1.36. The first kappa shape index (κ1) is 9.22. The molecule has 1 N–H and O–H groups in total. The number of hydrogen-bond acceptors (Lipinski definition) is 2. The van der Waals surface area contributed by atoms with Gasteiger partial charge in [0.15, 0.2) is 0 Å². The zero-order chi connectivity index (χ0) is 10.3. The summed E-state index contributed by atoms with van der Waals surface area (Å²) < 4.78 is 0. The summed E-state index contributed by atoms with van der Waals surface area (Å²) in [4.78, 5) is 2.22. The molecule has 1 saturated carbocycles. The fourth-order valence-corrected chi connectivity index (χ4v) is 2.98. The van der Waals surface area contributed by atoms with Crippen molar-refractivity contribution in [3.63, 3.8) is 0 Å². The van der Waals surface area contributed by atoms with Gasteiger partial charge in [0.25, 0.3) is 0 Å². The van der Waals surface area contributed by atoms with Crippen molar-refractivity contribution in [1.82, 2.24) is 0 Å². The van der Waals surface area contributed by atoms with Crippen LogP contribution < -0.4 is 4.90 Å². The molecule has 1 aliphatic carbocycles. The maximum absolute atomic E-state index is 10.6. The molecular formula is C13H17NO. The predicted octanol–water partition coefficient (Wildman–Crippen LogP) is 2.31. The fourth-order valence-electron chi connectivity index (χ4n) is 2.98. The SMILES string of the molecule is OC1(N2CCc3ccccc32)CCCC1. The molecule has 0 spiro atoms. The monoisotopic (exact) mass is 203 g/mol. The minimum Gasteiger partial charge on any atom is -0.371 e. The third-order valence-corrected chi connectivity index (χ3v) is 3.79. The molecule has 2 nitrogen and oxygen atoms in total. The summed E-state index contributed by atoms with van der Waals surface area (Å²) >= 11 is 0. The van der Waals surface area contributed by atoms with Crippen molar-refractivity contribution in [2.75, 3.05) is 11.4 Å². The number of para-hydroxylation sites is 1. The Morgan fingerprint density at radius 3 is 2.67 bits per heavy atom. The Morgan fingerprint density at radius 2 is 1.87 bits per heavy atom. The van der Waals surface area contributed by atoms with E-state index in [2.05, 4.69) is 29.2 Å². The van der Waals surface area contributed by atoms with Gasteiger partial charge in [-0.25, -0.2) is 0 Å². The molecule has 80 valence electrons. The van der Waals surface area contributed by atoms with E-state index in [4.69, 9.17) is 0 Å². The Bertz CT molecular complexity index is 369. The van der Waals surface area contributed by atoms with Gasteiger partial charge >= 0.3 is 0 Å². The van der Waals surface area contributed by atoms with Crippen LogP contribution in [0, 0.1) is 0 Å². The number of fused-ring (bicyclic) bond motifs is 1. The highest BCUT2D eigenvalue weighted by molar-refractivity contribution is 5.59. The molecule has 0 bridgehead atoms. The fraction of sp³-hybridized carbons (Fsp3) is 0.538. The predicted molar refractivity (Wildman–Crippen MR) is 60.9 cm³/mol. The number of anilines is 1. The minimum absolute atomic E-state index is 0.549. The minimum atomic E-state index is -0.549. The molecule has 0 atom stereocenters. The average Bonchev–Trinajstić information content (AvgIpc) is 2.84. The van der Waals surface area contributed by atoms with Crippen LogP contribution in [0.3, 0.4) is 0 Å². The van der Waals surface area contributed by atoms with Crippen molar-refractivity contribution in [2.45, 2.75) is 37.8 Å². The molecule has 2 heteroatoms. The topological polar surface area (TPSA) is 23.5 Å². The summed E-state index contributed by atoms with van der Waals surface area (Å²) in [6.45, 7) is 0.982. The van der Waals surface area contributed by atoms with Gasteiger partial charge in [0.2, 0.25) is 0 Å². The number of aliphatic hydroxyl groups is 1. The van der Waals surface area contributed by atoms with Gasteiger partial charge < -0.3 is 10.0 Å². The van der Waals surface area contributed by atoms with Crippen LogP contribution in [0.2, 0.25) is 0 Å². The number of benzene rings is 1. The highest BCUT2D eigenvalue weighted by Gasteiger charge is 2.40. The molecule has 2 aliphatic rings. The summed E-state index contributed by atoms with van der Waals surface area (Å²) in [6.07, 6.45) is 5.27. The first-order valence-corrected chi connectivity index (χ1v) is 5.88. The number of nitrogens with zero attached hydrogens (tertiary/aromatic N) is 1. The van der Waals surface area contributed by atoms with Crippen molar-refractivity contribution in [1.29, 1.82) is 0 Å². The van der Waals surface area contributed by atoms with Crippen molar-refractivity contribution in [2.24, 2.45) is 0 Å². The highest BCUT2D eigenvalue weighted by atomic mass is 16.3. The molecule has 1 fully saturated rings. The van der Waals surface area contributed by atoms with Crippen LogP contribution in [-0.2, 0) is 6.42 Å². The molecule has 0 amide bonds. The lowest BCUT2D eigenvalue weighted by molar-refractivity contribution is 0.0456. The van der Waals surface area contributed by atoms with Gasteiger partial charge in [-0.15, -0.1) is 0 Å². The van der Waals surface area contributed by atoms with Gasteiger partial charge in [-0.3, -0.25) is 0 Å². The Morgan fingerprint density at radius 1 is 1.13 bits per heavy atom. The highest BCUT2D eigenvalue weighted by Crippen LogP contribution is 2.40. The summed E-state index contributed by atoms with van der Waals surface area (Å²) in [7, 11) is 0. The normalized spacial score (nSPS) is 23.1. The van der Waals surface area contributed by atoms with Crippen molar-refractivity contribution in [3.05, 3.63) is 29.8 Å². The first-order valence-electron chi connectivity index (χ1n) is 5.88. The summed E-state index contributed by atoms with van der Waals surface area (Å²) in [5.41, 5.74) is 2.09. The second-order valence-corrected chi connectivity index (χ2v) is 4.72. The van der Waals surface area contributed by atoms with Crippen molar-refractivity contribution in [3.8, 4) is 0 Å². The number of rotatable bonds is 1. The van der Waals surface area contributed by atoms with Gasteiger partial charge in [-0.05, 0) is 43.7 Å². The maximum Gasteiger partial charge on any atom is 0.137 e. The van der Waals surface area contributed by atoms with E-state index in [1.807, 2.05) is 0 Å². The Kier molecular flexibility index (Phi) is 1.99. The van der Waals surface area contributed by atoms with Crippen LogP contribution in [0.15, 0.2) is 24.3 Å². The van der Waals surface area contributed by atoms with Crippen molar-refractivity contribution < 1.29 is 5.11 Å². The van der Waals surface area contributed by atoms with Gasteiger partial charge in [0.1, 0.15) is 5.72 Å². The van der Waals surface area contributed by atoms with Gasteiger partial charge in [0.05, 0.1) is 0 Å². The molecule has 0 aromatic heterocycles. The molecule has 0 saturated heterocycles. The van der Waals surface area contributed by atoms with E-state index in [9.17, 15) is 5.11 Å². The molecule has 1 aromatic carbocycles. The summed E-state index contributed by atoms with van der Waals surface area (Å²) in [5.74, 6) is 0. The summed E-state index contributed by atoms with van der Waals surface area (Å²) in [6, 6.07) is 8.46. The Hall–Kier alpha value is -1.02. The molecule has 3 rings (SSSR count). The second-order valence-electron chi connectivity index (χ2n) is 4.72. The van der Waals surface area contributed by atoms with E-state index in [-0.39, 0.29) is 0 Å². The lowest BCUT2D eigenvalue weighted by Crippen LogP contribution is -2.45. The zero-order valence-electron chi connectivity index (χ0n) is 8.95. The van der Waals surface area contributed by atoms with E-state index >= 15 is 0 Å². The van der Waals surface area contributed by atoms with Crippen LogP contribution in [0.4, 0.5) is 5.69 Å². The quantitative estimate of drug-likeness (QED) is 0.757. The van der Waals surface area contributed by atoms with E-state index in [0.717, 1.165) is 38.6 Å². The van der Waals surface area contributed by atoms with Gasteiger partial charge in [-0.1, -0.05) is 18.2 Å². The van der Waals surface area contributed by atoms with E-state index < -0.39 is 5.72 Å². The van der Waals surface area contributed by atoms with Crippen LogP contribution in [0.5, 0.6) is 0 Å². The smallest absolute Gasteiger partial charge is 0.137 e. The van der Waals surface area contributed by atoms with Gasteiger partial charge in [0, 0.05) is 12.2 Å². The molecular weight excluding hydrogens is 186 g/mol. The summed E-state index contributed by atoms with van der Waals surface area (Å²) in [5, 5.41) is 10.6. The van der Waals surface area contributed by atoms with E-state index in [1.165, 1.54) is 11.3 Å². The molecule has 1 aromatic rings. The van der Waals surface area contributed by atoms with Crippen LogP contribution in [-0.4, -0.2) is 17.4 Å². The zero-order valence-corrected chi connectivity index (χ0v) is 8.95. The van der Waals surface area contributed by atoms with E-state index in [1.54, 1.807) is 0 Å². The van der Waals surface area contributed by atoms with Crippen LogP contribution >= 0.6 is 0 Å². The first-order chi connectivity index (χ1) is 7.30. The van der Waals surface area contributed by atoms with Crippen LogP contribution in [0.1, 0.15) is 31.2 Å². The number of hydrogen-bond donors (Lipinski definition) is 1. The van der Waals surface area contributed by atoms with E-state index in [0.29, 0.717) is 0 Å². The van der Waals surface area contributed by atoms with Crippen molar-refractivity contribution >= 4 is 5.69 Å². The molecule has 15 heavy (non-hydrogen) atoms. The second kappa shape index (κ2) is 3.24. The maximum atomic E-state index is 10.6. The third-order valence-electron chi connectivity index (χ3n) is 3.79. The lowest BCUT2D eigenvalue weighted by atomic mass is 10.1. The van der Waals surface area contributed by atoms with Gasteiger partial charge in [-0.2, -0.15) is 0 Å².